The van der Waals surface area contributed by atoms with Gasteiger partial charge in [0.2, 0.25) is 0 Å². The third-order valence-electron chi connectivity index (χ3n) is 2.88. The smallest absolute Gasteiger partial charge is 0.134 e. The largest absolute Gasteiger partial charge is 0.508 e. The van der Waals surface area contributed by atoms with E-state index < -0.39 is 0 Å². The maximum absolute atomic E-state index is 10.6. The summed E-state index contributed by atoms with van der Waals surface area (Å²) in [6.45, 7) is 9.53. The van der Waals surface area contributed by atoms with Crippen molar-refractivity contribution in [3.63, 3.8) is 0 Å². The van der Waals surface area contributed by atoms with Crippen LogP contribution in [-0.2, 0) is 11.2 Å². The standard InChI is InChI=1S/C9H10O2.C5H11N.2C2H6/c1-7(10)5-8-3-2-4-9(11)6-8;1-6-5-3-2-4-5;2*1-2/h2-4,6,11H,5H2,1H3;5-6H,2-4H2,1H3;2*1-2H3. The van der Waals surface area contributed by atoms with Gasteiger partial charge in [0, 0.05) is 12.5 Å². The van der Waals surface area contributed by atoms with Crippen LogP contribution in [0.4, 0.5) is 0 Å². The number of rotatable bonds is 3. The van der Waals surface area contributed by atoms with Gasteiger partial charge in [-0.15, -0.1) is 0 Å². The van der Waals surface area contributed by atoms with Crippen LogP contribution in [0.3, 0.4) is 0 Å². The number of phenols is 1. The van der Waals surface area contributed by atoms with E-state index in [-0.39, 0.29) is 11.5 Å². The summed E-state index contributed by atoms with van der Waals surface area (Å²) in [4.78, 5) is 10.6. The predicted octanol–water partition coefficient (Wildman–Crippen LogP) is 4.33. The van der Waals surface area contributed by atoms with Gasteiger partial charge in [-0.1, -0.05) is 46.2 Å². The summed E-state index contributed by atoms with van der Waals surface area (Å²) in [5, 5.41) is 12.2. The average Bonchev–Trinajstić information content (AvgIpc) is 2.42. The molecule has 1 aliphatic rings. The molecule has 0 aromatic heterocycles. The molecule has 1 aliphatic carbocycles. The van der Waals surface area contributed by atoms with Crippen molar-refractivity contribution < 1.29 is 9.90 Å². The van der Waals surface area contributed by atoms with E-state index in [0.29, 0.717) is 6.42 Å². The van der Waals surface area contributed by atoms with E-state index in [2.05, 4.69) is 5.32 Å². The van der Waals surface area contributed by atoms with Crippen LogP contribution >= 0.6 is 0 Å². The minimum Gasteiger partial charge on any atom is -0.508 e. The molecule has 3 heteroatoms. The van der Waals surface area contributed by atoms with Crippen LogP contribution in [0.2, 0.25) is 0 Å². The molecule has 0 heterocycles. The first kappa shape index (κ1) is 21.9. The molecule has 2 rings (SSSR count). The van der Waals surface area contributed by atoms with Gasteiger partial charge in [-0.05, 0) is 44.5 Å². The highest BCUT2D eigenvalue weighted by Crippen LogP contribution is 2.16. The van der Waals surface area contributed by atoms with Crippen molar-refractivity contribution in [1.29, 1.82) is 0 Å². The lowest BCUT2D eigenvalue weighted by molar-refractivity contribution is -0.116. The molecule has 0 unspecified atom stereocenters. The van der Waals surface area contributed by atoms with Crippen molar-refractivity contribution in [2.24, 2.45) is 0 Å². The number of hydrogen-bond acceptors (Lipinski definition) is 3. The Bertz CT molecular complexity index is 357. The van der Waals surface area contributed by atoms with Crippen LogP contribution in [0.1, 0.15) is 59.4 Å². The molecule has 21 heavy (non-hydrogen) atoms. The van der Waals surface area contributed by atoms with Crippen LogP contribution in [0.5, 0.6) is 5.75 Å². The van der Waals surface area contributed by atoms with E-state index in [9.17, 15) is 4.79 Å². The summed E-state index contributed by atoms with van der Waals surface area (Å²) in [5.74, 6) is 0.319. The fourth-order valence-corrected chi connectivity index (χ4v) is 1.65. The monoisotopic (exact) mass is 295 g/mol. The summed E-state index contributed by atoms with van der Waals surface area (Å²) in [6, 6.07) is 7.60. The van der Waals surface area contributed by atoms with Crippen LogP contribution in [0, 0.1) is 0 Å². The molecule has 1 saturated carbocycles. The molecule has 122 valence electrons. The zero-order chi connectivity index (χ0) is 16.7. The molecule has 1 aromatic carbocycles. The van der Waals surface area contributed by atoms with E-state index in [1.807, 2.05) is 40.8 Å². The summed E-state index contributed by atoms with van der Waals surface area (Å²) < 4.78 is 0. The van der Waals surface area contributed by atoms with Crippen molar-refractivity contribution in [2.75, 3.05) is 7.05 Å². The zero-order valence-electron chi connectivity index (χ0n) is 14.6. The maximum atomic E-state index is 10.6. The quantitative estimate of drug-likeness (QED) is 0.872. The van der Waals surface area contributed by atoms with Gasteiger partial charge in [-0.3, -0.25) is 4.79 Å². The number of phenolic OH excluding ortho intramolecular Hbond substituents is 1. The molecule has 1 aromatic rings. The van der Waals surface area contributed by atoms with Crippen molar-refractivity contribution in [1.82, 2.24) is 5.32 Å². The molecule has 0 saturated heterocycles. The van der Waals surface area contributed by atoms with E-state index in [1.165, 1.54) is 26.2 Å². The van der Waals surface area contributed by atoms with E-state index in [0.717, 1.165) is 11.6 Å². The van der Waals surface area contributed by atoms with Crippen molar-refractivity contribution in [3.05, 3.63) is 29.8 Å². The Kier molecular flexibility index (Phi) is 15.7. The van der Waals surface area contributed by atoms with Crippen LogP contribution in [0.15, 0.2) is 24.3 Å². The van der Waals surface area contributed by atoms with Gasteiger partial charge in [0.1, 0.15) is 11.5 Å². The Morgan fingerprint density at radius 2 is 1.81 bits per heavy atom. The van der Waals surface area contributed by atoms with Gasteiger partial charge in [0.05, 0.1) is 0 Å². The molecular weight excluding hydrogens is 262 g/mol. The van der Waals surface area contributed by atoms with E-state index >= 15 is 0 Å². The molecule has 0 bridgehead atoms. The number of carbonyl (C=O) groups excluding carboxylic acids is 1. The van der Waals surface area contributed by atoms with Crippen molar-refractivity contribution in [3.8, 4) is 5.75 Å². The molecule has 3 nitrogen and oxygen atoms in total. The number of nitrogens with one attached hydrogen (secondary N) is 1. The van der Waals surface area contributed by atoms with Crippen molar-refractivity contribution >= 4 is 5.78 Å². The highest BCUT2D eigenvalue weighted by atomic mass is 16.3. The Morgan fingerprint density at radius 1 is 1.24 bits per heavy atom. The lowest BCUT2D eigenvalue weighted by Crippen LogP contribution is -2.31. The first-order valence-corrected chi connectivity index (χ1v) is 8.06. The SMILES string of the molecule is CC.CC.CC(=O)Cc1cccc(O)c1.CNC1CCC1. The Morgan fingerprint density at radius 3 is 2.10 bits per heavy atom. The van der Waals surface area contributed by atoms with Gasteiger partial charge in [0.25, 0.3) is 0 Å². The fourth-order valence-electron chi connectivity index (χ4n) is 1.65. The highest BCUT2D eigenvalue weighted by molar-refractivity contribution is 5.78. The van der Waals surface area contributed by atoms with E-state index in [4.69, 9.17) is 5.11 Å². The minimum atomic E-state index is 0.107. The molecule has 1 fully saturated rings. The van der Waals surface area contributed by atoms with Crippen LogP contribution in [-0.4, -0.2) is 24.0 Å². The second kappa shape index (κ2) is 15.0. The molecular formula is C18H33NO2. The number of benzene rings is 1. The molecule has 0 spiro atoms. The number of hydrogen-bond donors (Lipinski definition) is 2. The fraction of sp³-hybridized carbons (Fsp3) is 0.611. The predicted molar refractivity (Wildman–Crippen MR) is 91.9 cm³/mol. The third-order valence-corrected chi connectivity index (χ3v) is 2.88. The molecule has 0 amide bonds. The molecule has 0 radical (unpaired) electrons. The minimum absolute atomic E-state index is 0.107. The van der Waals surface area contributed by atoms with Gasteiger partial charge in [0.15, 0.2) is 0 Å². The summed E-state index contributed by atoms with van der Waals surface area (Å²) in [5.41, 5.74) is 0.859. The molecule has 2 N–H and O–H groups in total. The third kappa shape index (κ3) is 12.1. The number of aromatic hydroxyl groups is 1. The molecule has 0 atom stereocenters. The maximum Gasteiger partial charge on any atom is 0.134 e. The van der Waals surface area contributed by atoms with Crippen molar-refractivity contribution in [2.45, 2.75) is 66.3 Å². The molecule has 0 aliphatic heterocycles. The second-order valence-electron chi connectivity index (χ2n) is 4.47. The second-order valence-corrected chi connectivity index (χ2v) is 4.47. The topological polar surface area (TPSA) is 49.3 Å². The van der Waals surface area contributed by atoms with Gasteiger partial charge in [-0.2, -0.15) is 0 Å². The van der Waals surface area contributed by atoms with Gasteiger partial charge < -0.3 is 10.4 Å². The number of ketones is 1. The number of Topliss-reactive ketones (excluding diaryl/α,β-unsaturated/α-hetero) is 1. The van der Waals surface area contributed by atoms with Crippen LogP contribution in [0.25, 0.3) is 0 Å². The summed E-state index contributed by atoms with van der Waals surface area (Å²) in [7, 11) is 2.03. The summed E-state index contributed by atoms with van der Waals surface area (Å²) in [6.07, 6.45) is 4.63. The average molecular weight is 295 g/mol. The summed E-state index contributed by atoms with van der Waals surface area (Å²) >= 11 is 0. The van der Waals surface area contributed by atoms with Gasteiger partial charge >= 0.3 is 0 Å². The Balaban J connectivity index is 0. The lowest BCUT2D eigenvalue weighted by atomic mass is 9.94. The zero-order valence-corrected chi connectivity index (χ0v) is 14.6. The van der Waals surface area contributed by atoms with Crippen LogP contribution < -0.4 is 5.32 Å². The van der Waals surface area contributed by atoms with E-state index in [1.54, 1.807) is 18.2 Å². The highest BCUT2D eigenvalue weighted by Gasteiger charge is 2.13. The first-order chi connectivity index (χ1) is 10.1. The lowest BCUT2D eigenvalue weighted by Gasteiger charge is -2.23. The normalized spacial score (nSPS) is 12.3. The Labute approximate surface area is 130 Å². The van der Waals surface area contributed by atoms with Gasteiger partial charge in [-0.25, -0.2) is 0 Å². The first-order valence-electron chi connectivity index (χ1n) is 8.06. The Hall–Kier alpha value is -1.35. The number of carbonyl (C=O) groups is 1.